The molecule has 0 heterocycles. The van der Waals surface area contributed by atoms with E-state index in [1.165, 1.54) is 32.1 Å². The summed E-state index contributed by atoms with van der Waals surface area (Å²) in [7, 11) is 0. The maximum Gasteiger partial charge on any atom is 0.160 e. The fourth-order valence-electron chi connectivity index (χ4n) is 7.70. The molecular weight excluding hydrogens is 336 g/mol. The normalized spacial score (nSPS) is 49.3. The van der Waals surface area contributed by atoms with Crippen LogP contribution in [0.3, 0.4) is 0 Å². The van der Waals surface area contributed by atoms with Crippen molar-refractivity contribution in [1.82, 2.24) is 0 Å². The molecule has 0 spiro atoms. The largest absolute Gasteiger partial charge is 0.393 e. The molecule has 0 aromatic heterocycles. The predicted molar refractivity (Wildman–Crippen MR) is 110 cm³/mol. The van der Waals surface area contributed by atoms with Crippen LogP contribution in [-0.4, -0.2) is 28.2 Å². The van der Waals surface area contributed by atoms with E-state index in [1.807, 2.05) is 13.8 Å². The summed E-state index contributed by atoms with van der Waals surface area (Å²) in [5, 5.41) is 21.1. The molecule has 4 rings (SSSR count). The van der Waals surface area contributed by atoms with Gasteiger partial charge < -0.3 is 14.9 Å². The van der Waals surface area contributed by atoms with Gasteiger partial charge in [-0.15, -0.1) is 0 Å². The Balaban J connectivity index is 0.00000102. The third kappa shape index (κ3) is 3.62. The second-order valence-electron chi connectivity index (χ2n) is 10.7. The molecule has 8 atom stereocenters. The monoisotopic (exact) mass is 380 g/mol. The molecule has 3 heteroatoms. The Morgan fingerprint density at radius 1 is 0.889 bits per heavy atom. The molecule has 3 nitrogen and oxygen atoms in total. The zero-order valence-electron chi connectivity index (χ0n) is 18.6. The quantitative estimate of drug-likeness (QED) is 0.619. The zero-order valence-corrected chi connectivity index (χ0v) is 18.6. The molecule has 0 bridgehead atoms. The number of ether oxygens (including phenoxy) is 1. The van der Waals surface area contributed by atoms with Gasteiger partial charge in [-0.3, -0.25) is 0 Å². The Hall–Kier alpha value is -0.120. The van der Waals surface area contributed by atoms with Crippen LogP contribution in [0, 0.1) is 34.5 Å². The van der Waals surface area contributed by atoms with Crippen LogP contribution >= 0.6 is 0 Å². The molecule has 0 saturated heterocycles. The molecule has 4 aliphatic rings. The topological polar surface area (TPSA) is 49.7 Å². The first-order chi connectivity index (χ1) is 12.7. The van der Waals surface area contributed by atoms with Crippen LogP contribution in [0.5, 0.6) is 0 Å². The Kier molecular flexibility index (Phi) is 6.08. The lowest BCUT2D eigenvalue weighted by molar-refractivity contribution is -0.264. The molecule has 0 radical (unpaired) electrons. The molecule has 2 N–H and O–H groups in total. The summed E-state index contributed by atoms with van der Waals surface area (Å²) in [5.74, 6) is 1.42. The second-order valence-corrected chi connectivity index (χ2v) is 10.7. The molecule has 0 amide bonds. The summed E-state index contributed by atoms with van der Waals surface area (Å²) in [4.78, 5) is 0. The van der Waals surface area contributed by atoms with E-state index in [-0.39, 0.29) is 17.6 Å². The third-order valence-electron chi connectivity index (χ3n) is 8.97. The van der Waals surface area contributed by atoms with E-state index in [1.54, 1.807) is 13.8 Å². The maximum absolute atomic E-state index is 10.7. The summed E-state index contributed by atoms with van der Waals surface area (Å²) in [6, 6.07) is 0. The average molecular weight is 381 g/mol. The first-order valence-corrected chi connectivity index (χ1v) is 11.7. The average Bonchev–Trinajstić information content (AvgIpc) is 2.91. The van der Waals surface area contributed by atoms with Crippen molar-refractivity contribution in [2.75, 3.05) is 0 Å². The lowest BCUT2D eigenvalue weighted by Crippen LogP contribution is -2.59. The fraction of sp³-hybridized carbons (Fsp3) is 1.00. The van der Waals surface area contributed by atoms with Crippen molar-refractivity contribution in [3.8, 4) is 0 Å². The van der Waals surface area contributed by atoms with Crippen LogP contribution in [0.1, 0.15) is 99.3 Å². The first kappa shape index (κ1) is 21.6. The molecule has 27 heavy (non-hydrogen) atoms. The maximum atomic E-state index is 10.7. The van der Waals surface area contributed by atoms with Gasteiger partial charge in [0.15, 0.2) is 5.79 Å². The van der Waals surface area contributed by atoms with Gasteiger partial charge in [0.25, 0.3) is 0 Å². The van der Waals surface area contributed by atoms with Crippen molar-refractivity contribution in [3.63, 3.8) is 0 Å². The highest BCUT2D eigenvalue weighted by Crippen LogP contribution is 2.66. The molecule has 4 fully saturated rings. The van der Waals surface area contributed by atoms with Crippen molar-refractivity contribution < 1.29 is 14.9 Å². The van der Waals surface area contributed by atoms with Crippen LogP contribution in [0.2, 0.25) is 0 Å². The summed E-state index contributed by atoms with van der Waals surface area (Å²) in [6.45, 7) is 12.4. The van der Waals surface area contributed by atoms with Gasteiger partial charge in [-0.2, -0.15) is 0 Å². The van der Waals surface area contributed by atoms with Gasteiger partial charge in [0.2, 0.25) is 0 Å². The van der Waals surface area contributed by atoms with Gasteiger partial charge in [-0.25, -0.2) is 0 Å². The summed E-state index contributed by atoms with van der Waals surface area (Å²) >= 11 is 0. The minimum absolute atomic E-state index is 0.0558. The minimum Gasteiger partial charge on any atom is -0.393 e. The van der Waals surface area contributed by atoms with Crippen LogP contribution in [0.4, 0.5) is 0 Å². The van der Waals surface area contributed by atoms with Gasteiger partial charge in [0.1, 0.15) is 0 Å². The van der Waals surface area contributed by atoms with Gasteiger partial charge in [-0.1, -0.05) is 40.5 Å². The van der Waals surface area contributed by atoms with E-state index < -0.39 is 5.79 Å². The highest BCUT2D eigenvalue weighted by Gasteiger charge is 2.62. The molecule has 0 aliphatic heterocycles. The van der Waals surface area contributed by atoms with Crippen LogP contribution in [0.15, 0.2) is 0 Å². The summed E-state index contributed by atoms with van der Waals surface area (Å²) in [6.07, 6.45) is 11.0. The van der Waals surface area contributed by atoms with Gasteiger partial charge in [0, 0.05) is 0 Å². The number of hydrogen-bond acceptors (Lipinski definition) is 3. The number of aliphatic hydroxyl groups is 2. The standard InChI is InChI=1S/C22H38O3.C2H6/c1-20(2,24)25-17-13-14-7-5-6-11-21(14,3)16-10-12-22(4)15(19(16)17)8-9-18(22)23;1-2/h14-19,23-24H,5-13H2,1-4H3;1-2H3. The van der Waals surface area contributed by atoms with E-state index in [2.05, 4.69) is 13.8 Å². The molecule has 158 valence electrons. The smallest absolute Gasteiger partial charge is 0.160 e. The molecule has 0 aromatic rings. The number of aliphatic hydroxyl groups excluding tert-OH is 1. The Morgan fingerprint density at radius 2 is 1.56 bits per heavy atom. The highest BCUT2D eigenvalue weighted by molar-refractivity contribution is 5.11. The van der Waals surface area contributed by atoms with Crippen LogP contribution in [-0.2, 0) is 4.74 Å². The van der Waals surface area contributed by atoms with E-state index >= 15 is 0 Å². The second kappa shape index (κ2) is 7.61. The highest BCUT2D eigenvalue weighted by atomic mass is 16.6. The Labute approximate surface area is 167 Å². The van der Waals surface area contributed by atoms with Crippen LogP contribution in [0.25, 0.3) is 0 Å². The molecule has 0 aromatic carbocycles. The summed E-state index contributed by atoms with van der Waals surface area (Å²) < 4.78 is 6.30. The van der Waals surface area contributed by atoms with E-state index in [9.17, 15) is 10.2 Å². The van der Waals surface area contributed by atoms with E-state index in [0.29, 0.717) is 23.2 Å². The number of fused-ring (bicyclic) bond motifs is 5. The summed E-state index contributed by atoms with van der Waals surface area (Å²) in [5.41, 5.74) is 0.498. The Bertz CT molecular complexity index is 512. The van der Waals surface area contributed by atoms with E-state index in [4.69, 9.17) is 4.74 Å². The first-order valence-electron chi connectivity index (χ1n) is 11.7. The van der Waals surface area contributed by atoms with E-state index in [0.717, 1.165) is 31.6 Å². The van der Waals surface area contributed by atoms with Crippen molar-refractivity contribution in [2.24, 2.45) is 34.5 Å². The Morgan fingerprint density at radius 3 is 2.22 bits per heavy atom. The molecule has 4 saturated carbocycles. The fourth-order valence-corrected chi connectivity index (χ4v) is 7.70. The molecule has 4 aliphatic carbocycles. The van der Waals surface area contributed by atoms with Crippen molar-refractivity contribution in [3.05, 3.63) is 0 Å². The van der Waals surface area contributed by atoms with Crippen LogP contribution < -0.4 is 0 Å². The molecular formula is C24H44O3. The van der Waals surface area contributed by atoms with Crippen molar-refractivity contribution in [1.29, 1.82) is 0 Å². The lowest BCUT2D eigenvalue weighted by Gasteiger charge is -2.62. The van der Waals surface area contributed by atoms with Crippen molar-refractivity contribution >= 4 is 0 Å². The van der Waals surface area contributed by atoms with Crippen molar-refractivity contribution in [2.45, 2.75) is 117 Å². The van der Waals surface area contributed by atoms with Gasteiger partial charge in [-0.05, 0) is 93.3 Å². The molecule has 8 unspecified atom stereocenters. The SMILES string of the molecule is CC.CC(C)(O)OC1CC2CCCCC2(C)C2CCC3(C)C(O)CCC3C12. The predicted octanol–water partition coefficient (Wildman–Crippen LogP) is 5.53. The lowest BCUT2D eigenvalue weighted by atomic mass is 9.44. The number of hydrogen-bond donors (Lipinski definition) is 2. The number of rotatable bonds is 2. The van der Waals surface area contributed by atoms with Gasteiger partial charge in [0.05, 0.1) is 12.2 Å². The third-order valence-corrected chi connectivity index (χ3v) is 8.97. The zero-order chi connectivity index (χ0) is 20.0. The minimum atomic E-state index is -1.07. The van der Waals surface area contributed by atoms with Gasteiger partial charge >= 0.3 is 0 Å².